The topological polar surface area (TPSA) is 80.1 Å². The lowest BCUT2D eigenvalue weighted by molar-refractivity contribution is -0.132. The van der Waals surface area contributed by atoms with E-state index >= 15 is 0 Å². The first-order chi connectivity index (χ1) is 15.5. The van der Waals surface area contributed by atoms with Crippen molar-refractivity contribution >= 4 is 29.4 Å². The molecule has 1 aliphatic rings. The average molecular weight is 450 g/mol. The van der Waals surface area contributed by atoms with E-state index in [0.29, 0.717) is 37.5 Å². The highest BCUT2D eigenvalue weighted by Gasteiger charge is 2.27. The van der Waals surface area contributed by atoms with Crippen molar-refractivity contribution in [2.45, 2.75) is 31.8 Å². The molecule has 0 atom stereocenters. The second-order valence-corrected chi connectivity index (χ2v) is 8.96. The number of rotatable bonds is 6. The first-order valence-corrected chi connectivity index (χ1v) is 11.7. The molecule has 0 unspecified atom stereocenters. The van der Waals surface area contributed by atoms with Crippen LogP contribution < -0.4 is 5.32 Å². The maximum atomic E-state index is 12.8. The molecule has 4 rings (SSSR count). The summed E-state index contributed by atoms with van der Waals surface area (Å²) in [7, 11) is 0. The minimum atomic E-state index is -0.103. The van der Waals surface area contributed by atoms with E-state index in [2.05, 4.69) is 28.3 Å². The Kier molecular flexibility index (Phi) is 6.90. The Morgan fingerprint density at radius 2 is 1.88 bits per heavy atom. The Morgan fingerprint density at radius 3 is 2.62 bits per heavy atom. The minimum Gasteiger partial charge on any atom is -0.342 e. The number of hydrogen-bond donors (Lipinski definition) is 1. The number of hydrogen-bond acceptors (Lipinski definition) is 5. The third-order valence-electron chi connectivity index (χ3n) is 5.69. The lowest BCUT2D eigenvalue weighted by atomic mass is 9.96. The molecule has 3 heterocycles. The number of aryl methyl sites for hydroxylation is 2. The zero-order chi connectivity index (χ0) is 22.5. The van der Waals surface area contributed by atoms with Gasteiger partial charge in [0.15, 0.2) is 5.16 Å². The Balaban J connectivity index is 1.28. The molecule has 0 radical (unpaired) electrons. The minimum absolute atomic E-state index is 0.0233. The Morgan fingerprint density at radius 1 is 1.09 bits per heavy atom. The smallest absolute Gasteiger partial charge is 0.233 e. The van der Waals surface area contributed by atoms with Gasteiger partial charge in [-0.15, -0.1) is 0 Å². The van der Waals surface area contributed by atoms with Gasteiger partial charge in [0.2, 0.25) is 11.8 Å². The van der Waals surface area contributed by atoms with Crippen molar-refractivity contribution in [2.75, 3.05) is 24.2 Å². The van der Waals surface area contributed by atoms with Gasteiger partial charge in [-0.2, -0.15) is 0 Å². The molecular weight excluding hydrogens is 422 g/mol. The summed E-state index contributed by atoms with van der Waals surface area (Å²) in [6, 6.07) is 11.9. The van der Waals surface area contributed by atoms with Gasteiger partial charge in [0.1, 0.15) is 5.82 Å². The molecule has 1 N–H and O–H groups in total. The molecule has 0 saturated carbocycles. The number of aromatic nitrogens is 3. The molecule has 166 valence electrons. The maximum absolute atomic E-state index is 12.8. The monoisotopic (exact) mass is 449 g/mol. The Bertz CT molecular complexity index is 1110. The summed E-state index contributed by atoms with van der Waals surface area (Å²) in [6.45, 7) is 5.20. The van der Waals surface area contributed by atoms with Gasteiger partial charge < -0.3 is 10.2 Å². The van der Waals surface area contributed by atoms with Gasteiger partial charge >= 0.3 is 0 Å². The largest absolute Gasteiger partial charge is 0.342 e. The summed E-state index contributed by atoms with van der Waals surface area (Å²) < 4.78 is 2.02. The molecule has 1 saturated heterocycles. The molecule has 0 bridgehead atoms. The predicted octanol–water partition coefficient (Wildman–Crippen LogP) is 3.85. The lowest BCUT2D eigenvalue weighted by Crippen LogP contribution is -2.42. The lowest BCUT2D eigenvalue weighted by Gasteiger charge is -2.31. The molecule has 3 aromatic rings. The van der Waals surface area contributed by atoms with Crippen molar-refractivity contribution in [1.29, 1.82) is 0 Å². The molecule has 0 spiro atoms. The molecule has 1 fully saturated rings. The van der Waals surface area contributed by atoms with Crippen molar-refractivity contribution in [3.8, 4) is 5.69 Å². The van der Waals surface area contributed by atoms with Gasteiger partial charge in [0, 0.05) is 37.6 Å². The number of thioether (sulfide) groups is 1. The second-order valence-electron chi connectivity index (χ2n) is 8.02. The van der Waals surface area contributed by atoms with Crippen LogP contribution in [0.1, 0.15) is 24.0 Å². The number of carbonyl (C=O) groups is 2. The van der Waals surface area contributed by atoms with E-state index in [4.69, 9.17) is 0 Å². The number of piperidine rings is 1. The van der Waals surface area contributed by atoms with E-state index in [1.54, 1.807) is 12.4 Å². The van der Waals surface area contributed by atoms with E-state index in [1.807, 2.05) is 52.9 Å². The van der Waals surface area contributed by atoms with Crippen LogP contribution in [0.15, 0.2) is 60.1 Å². The molecule has 2 aromatic heterocycles. The fourth-order valence-corrected chi connectivity index (χ4v) is 4.72. The predicted molar refractivity (Wildman–Crippen MR) is 126 cm³/mol. The van der Waals surface area contributed by atoms with Gasteiger partial charge in [-0.3, -0.25) is 14.2 Å². The molecule has 8 heteroatoms. The fraction of sp³-hybridized carbons (Fsp3) is 0.333. The number of nitrogens with zero attached hydrogens (tertiary/aromatic N) is 4. The number of benzene rings is 1. The number of likely N-dealkylation sites (tertiary alicyclic amines) is 1. The first-order valence-electron chi connectivity index (χ1n) is 10.7. The highest BCUT2D eigenvalue weighted by atomic mass is 32.2. The average Bonchev–Trinajstić information content (AvgIpc) is 3.26. The van der Waals surface area contributed by atoms with Crippen LogP contribution in [0, 0.1) is 19.8 Å². The van der Waals surface area contributed by atoms with Crippen LogP contribution in [0.5, 0.6) is 0 Å². The number of pyridine rings is 1. The number of imidazole rings is 1. The zero-order valence-corrected chi connectivity index (χ0v) is 19.1. The van der Waals surface area contributed by atoms with Crippen LogP contribution in [0.2, 0.25) is 0 Å². The van der Waals surface area contributed by atoms with Gasteiger partial charge in [-0.1, -0.05) is 30.0 Å². The third-order valence-corrected chi connectivity index (χ3v) is 6.64. The van der Waals surface area contributed by atoms with E-state index in [-0.39, 0.29) is 17.7 Å². The molecule has 32 heavy (non-hydrogen) atoms. The number of anilines is 1. The third kappa shape index (κ3) is 5.19. The fourth-order valence-electron chi connectivity index (χ4n) is 3.86. The van der Waals surface area contributed by atoms with Crippen molar-refractivity contribution in [1.82, 2.24) is 19.4 Å². The van der Waals surface area contributed by atoms with Crippen LogP contribution in [-0.4, -0.2) is 50.1 Å². The highest BCUT2D eigenvalue weighted by molar-refractivity contribution is 7.99. The summed E-state index contributed by atoms with van der Waals surface area (Å²) in [5.74, 6) is 0.855. The first kappa shape index (κ1) is 22.1. The summed E-state index contributed by atoms with van der Waals surface area (Å²) in [5.41, 5.74) is 3.27. The van der Waals surface area contributed by atoms with Crippen molar-refractivity contribution in [2.24, 2.45) is 5.92 Å². The van der Waals surface area contributed by atoms with Gasteiger partial charge in [0.05, 0.1) is 11.4 Å². The molecule has 7 nitrogen and oxygen atoms in total. The van der Waals surface area contributed by atoms with Crippen LogP contribution in [0.3, 0.4) is 0 Å². The van der Waals surface area contributed by atoms with Crippen molar-refractivity contribution in [3.05, 3.63) is 66.1 Å². The number of para-hydroxylation sites is 1. The number of carbonyl (C=O) groups excluding carboxylic acids is 2. The normalized spacial score (nSPS) is 14.4. The number of nitrogens with one attached hydrogen (secondary N) is 1. The summed E-state index contributed by atoms with van der Waals surface area (Å²) in [6.07, 6.45) is 6.68. The zero-order valence-electron chi connectivity index (χ0n) is 18.3. The van der Waals surface area contributed by atoms with Crippen molar-refractivity contribution < 1.29 is 9.59 Å². The number of amides is 2. The van der Waals surface area contributed by atoms with E-state index in [0.717, 1.165) is 22.0 Å². The second kappa shape index (κ2) is 9.99. The van der Waals surface area contributed by atoms with Gasteiger partial charge in [0.25, 0.3) is 0 Å². The SMILES string of the molecule is Cc1ccnc(NC(=O)C2CCN(C(=O)CSc3nccn3-c3ccccc3C)CC2)c1. The standard InChI is InChI=1S/C24H27N5O2S/c1-17-7-10-25-21(15-17)27-23(31)19-8-12-28(13-9-19)22(30)16-32-24-26-11-14-29(24)20-6-4-3-5-18(20)2/h3-7,10-11,14-15,19H,8-9,12-13,16H2,1-2H3,(H,25,27,31). The quantitative estimate of drug-likeness (QED) is 0.578. The van der Waals surface area contributed by atoms with Gasteiger partial charge in [-0.05, 0) is 56.0 Å². The summed E-state index contributed by atoms with van der Waals surface area (Å²) in [4.78, 5) is 35.8. The Hall–Kier alpha value is -3.13. The summed E-state index contributed by atoms with van der Waals surface area (Å²) in [5, 5.41) is 3.70. The van der Waals surface area contributed by atoms with Crippen LogP contribution in [0.25, 0.3) is 5.69 Å². The van der Waals surface area contributed by atoms with E-state index in [9.17, 15) is 9.59 Å². The van der Waals surface area contributed by atoms with E-state index in [1.165, 1.54) is 11.8 Å². The maximum Gasteiger partial charge on any atom is 0.233 e. The van der Waals surface area contributed by atoms with Crippen LogP contribution >= 0.6 is 11.8 Å². The van der Waals surface area contributed by atoms with Gasteiger partial charge in [-0.25, -0.2) is 9.97 Å². The van der Waals surface area contributed by atoms with Crippen LogP contribution in [0.4, 0.5) is 5.82 Å². The van der Waals surface area contributed by atoms with Crippen LogP contribution in [-0.2, 0) is 9.59 Å². The van der Waals surface area contributed by atoms with Crippen molar-refractivity contribution in [3.63, 3.8) is 0 Å². The molecular formula is C24H27N5O2S. The molecule has 1 aromatic carbocycles. The molecule has 2 amide bonds. The summed E-state index contributed by atoms with van der Waals surface area (Å²) >= 11 is 1.44. The molecule has 1 aliphatic heterocycles. The van der Waals surface area contributed by atoms with E-state index < -0.39 is 0 Å². The highest BCUT2D eigenvalue weighted by Crippen LogP contribution is 2.24. The molecule has 0 aliphatic carbocycles. The Labute approximate surface area is 192 Å².